The number of rotatable bonds is 7. The van der Waals surface area contributed by atoms with Crippen molar-refractivity contribution in [3.63, 3.8) is 0 Å². The number of nitrogens with one attached hydrogen (secondary N) is 1. The molecule has 0 bridgehead atoms. The number of benzene rings is 2. The standard InChI is InChI=1S/C16H14N4O7/c1-26-14-8-15(27-2)13(20(24)25)7-11(14)9-17-18-16(21)10-3-5-12(6-4-10)19(22)23/h3-9H,1-2H3,(H,18,21)/b17-9+. The van der Waals surface area contributed by atoms with Crippen LogP contribution in [0.25, 0.3) is 0 Å². The maximum atomic E-state index is 12.0. The molecule has 0 fully saturated rings. The Kier molecular flexibility index (Phi) is 5.99. The number of amides is 1. The van der Waals surface area contributed by atoms with Crippen molar-refractivity contribution in [3.8, 4) is 11.5 Å². The first-order valence-corrected chi connectivity index (χ1v) is 7.35. The summed E-state index contributed by atoms with van der Waals surface area (Å²) in [6.07, 6.45) is 1.18. The van der Waals surface area contributed by atoms with Crippen molar-refractivity contribution in [2.45, 2.75) is 0 Å². The number of methoxy groups -OCH3 is 2. The van der Waals surface area contributed by atoms with Crippen molar-refractivity contribution in [2.24, 2.45) is 5.10 Å². The van der Waals surface area contributed by atoms with Gasteiger partial charge in [-0.2, -0.15) is 5.10 Å². The quantitative estimate of drug-likeness (QED) is 0.444. The maximum Gasteiger partial charge on any atom is 0.311 e. The molecule has 0 aromatic heterocycles. The van der Waals surface area contributed by atoms with Gasteiger partial charge >= 0.3 is 5.69 Å². The third-order valence-electron chi connectivity index (χ3n) is 3.44. The summed E-state index contributed by atoms with van der Waals surface area (Å²) in [6.45, 7) is 0. The fourth-order valence-electron chi connectivity index (χ4n) is 2.11. The van der Waals surface area contributed by atoms with Gasteiger partial charge in [0.25, 0.3) is 11.6 Å². The highest BCUT2D eigenvalue weighted by Crippen LogP contribution is 2.33. The highest BCUT2D eigenvalue weighted by molar-refractivity contribution is 5.95. The molecule has 0 aliphatic rings. The van der Waals surface area contributed by atoms with Crippen LogP contribution in [0.2, 0.25) is 0 Å². The van der Waals surface area contributed by atoms with Crippen molar-refractivity contribution in [1.29, 1.82) is 0 Å². The summed E-state index contributed by atoms with van der Waals surface area (Å²) in [7, 11) is 2.66. The number of hydrazone groups is 1. The molecule has 2 rings (SSSR count). The molecule has 0 spiro atoms. The van der Waals surface area contributed by atoms with Crippen LogP contribution in [-0.2, 0) is 0 Å². The topological polar surface area (TPSA) is 146 Å². The number of carbonyl (C=O) groups excluding carboxylic acids is 1. The van der Waals surface area contributed by atoms with Crippen LogP contribution in [0.15, 0.2) is 41.5 Å². The van der Waals surface area contributed by atoms with Crippen LogP contribution in [0, 0.1) is 20.2 Å². The second kappa shape index (κ2) is 8.38. The highest BCUT2D eigenvalue weighted by Gasteiger charge is 2.19. The van der Waals surface area contributed by atoms with E-state index in [4.69, 9.17) is 9.47 Å². The predicted molar refractivity (Wildman–Crippen MR) is 94.4 cm³/mol. The van der Waals surface area contributed by atoms with E-state index in [1.807, 2.05) is 0 Å². The predicted octanol–water partition coefficient (Wildman–Crippen LogP) is 2.28. The summed E-state index contributed by atoms with van der Waals surface area (Å²) in [5.41, 5.74) is 2.19. The van der Waals surface area contributed by atoms with E-state index < -0.39 is 15.8 Å². The minimum atomic E-state index is -0.620. The van der Waals surface area contributed by atoms with E-state index >= 15 is 0 Å². The SMILES string of the molecule is COc1cc(OC)c([N+](=O)[O-])cc1/C=N/NC(=O)c1ccc([N+](=O)[O-])cc1. The fraction of sp³-hybridized carbons (Fsp3) is 0.125. The molecule has 27 heavy (non-hydrogen) atoms. The smallest absolute Gasteiger partial charge is 0.311 e. The third kappa shape index (κ3) is 4.54. The van der Waals surface area contributed by atoms with Gasteiger partial charge in [-0.1, -0.05) is 0 Å². The minimum absolute atomic E-state index is 0.0175. The fourth-order valence-corrected chi connectivity index (χ4v) is 2.11. The van der Waals surface area contributed by atoms with Gasteiger partial charge in [0, 0.05) is 35.4 Å². The van der Waals surface area contributed by atoms with Crippen LogP contribution < -0.4 is 14.9 Å². The Morgan fingerprint density at radius 1 is 1.04 bits per heavy atom. The molecule has 11 heteroatoms. The number of hydrogen-bond acceptors (Lipinski definition) is 8. The van der Waals surface area contributed by atoms with E-state index in [1.165, 1.54) is 56.8 Å². The van der Waals surface area contributed by atoms with E-state index in [0.29, 0.717) is 0 Å². The van der Waals surface area contributed by atoms with Gasteiger partial charge in [0.15, 0.2) is 0 Å². The zero-order valence-corrected chi connectivity index (χ0v) is 14.2. The number of nitrogens with zero attached hydrogens (tertiary/aromatic N) is 3. The van der Waals surface area contributed by atoms with Crippen LogP contribution >= 0.6 is 0 Å². The molecule has 2 aromatic rings. The molecule has 0 saturated carbocycles. The van der Waals surface area contributed by atoms with Gasteiger partial charge in [-0.25, -0.2) is 5.43 Å². The summed E-state index contributed by atoms with van der Waals surface area (Å²) < 4.78 is 10.1. The normalized spacial score (nSPS) is 10.4. The average molecular weight is 374 g/mol. The lowest BCUT2D eigenvalue weighted by atomic mass is 10.1. The number of hydrogen-bond donors (Lipinski definition) is 1. The Bertz CT molecular complexity index is 910. The molecule has 0 heterocycles. The Morgan fingerprint density at radius 2 is 1.67 bits per heavy atom. The average Bonchev–Trinajstić information content (AvgIpc) is 2.67. The van der Waals surface area contributed by atoms with Crippen LogP contribution in [0.3, 0.4) is 0 Å². The molecule has 0 radical (unpaired) electrons. The first-order chi connectivity index (χ1) is 12.9. The number of ether oxygens (including phenoxy) is 2. The summed E-state index contributed by atoms with van der Waals surface area (Å²) in [5.74, 6) is -0.335. The number of non-ortho nitro benzene ring substituents is 1. The third-order valence-corrected chi connectivity index (χ3v) is 3.44. The van der Waals surface area contributed by atoms with Gasteiger partial charge in [-0.05, 0) is 12.1 Å². The van der Waals surface area contributed by atoms with Gasteiger partial charge in [0.2, 0.25) is 5.75 Å². The number of nitro benzene ring substituents is 2. The molecule has 0 aliphatic heterocycles. The van der Waals surface area contributed by atoms with Gasteiger partial charge < -0.3 is 9.47 Å². The minimum Gasteiger partial charge on any atom is -0.496 e. The Hall–Kier alpha value is -4.02. The zero-order chi connectivity index (χ0) is 20.0. The first-order valence-electron chi connectivity index (χ1n) is 7.35. The molecule has 11 nitrogen and oxygen atoms in total. The molecule has 0 saturated heterocycles. The van der Waals surface area contributed by atoms with Crippen molar-refractivity contribution in [2.75, 3.05) is 14.2 Å². The Labute approximate surface area is 152 Å². The van der Waals surface area contributed by atoms with Crippen LogP contribution in [-0.4, -0.2) is 36.2 Å². The van der Waals surface area contributed by atoms with E-state index in [-0.39, 0.29) is 34.0 Å². The van der Waals surface area contributed by atoms with Crippen LogP contribution in [0.1, 0.15) is 15.9 Å². The summed E-state index contributed by atoms with van der Waals surface area (Å²) in [6, 6.07) is 7.46. The van der Waals surface area contributed by atoms with Gasteiger partial charge in [-0.3, -0.25) is 25.0 Å². The van der Waals surface area contributed by atoms with Crippen molar-refractivity contribution in [3.05, 3.63) is 67.8 Å². The molecular weight excluding hydrogens is 360 g/mol. The van der Waals surface area contributed by atoms with Crippen molar-refractivity contribution >= 4 is 23.5 Å². The number of carbonyl (C=O) groups is 1. The lowest BCUT2D eigenvalue weighted by Crippen LogP contribution is -2.17. The number of nitro groups is 2. The van der Waals surface area contributed by atoms with E-state index in [2.05, 4.69) is 10.5 Å². The highest BCUT2D eigenvalue weighted by atomic mass is 16.6. The summed E-state index contributed by atoms with van der Waals surface area (Å²) in [4.78, 5) is 32.5. The molecule has 0 atom stereocenters. The molecule has 2 aromatic carbocycles. The molecular formula is C16H14N4O7. The zero-order valence-electron chi connectivity index (χ0n) is 14.2. The largest absolute Gasteiger partial charge is 0.496 e. The van der Waals surface area contributed by atoms with Gasteiger partial charge in [0.1, 0.15) is 5.75 Å². The summed E-state index contributed by atoms with van der Waals surface area (Å²) >= 11 is 0. The Morgan fingerprint density at radius 3 is 2.19 bits per heavy atom. The molecule has 0 aliphatic carbocycles. The second-order valence-electron chi connectivity index (χ2n) is 5.03. The van der Waals surface area contributed by atoms with Gasteiger partial charge in [0.05, 0.1) is 30.3 Å². The maximum absolute atomic E-state index is 12.0. The monoisotopic (exact) mass is 374 g/mol. The lowest BCUT2D eigenvalue weighted by Gasteiger charge is -2.08. The second-order valence-corrected chi connectivity index (χ2v) is 5.03. The van der Waals surface area contributed by atoms with Gasteiger partial charge in [-0.15, -0.1) is 0 Å². The van der Waals surface area contributed by atoms with Crippen LogP contribution in [0.5, 0.6) is 11.5 Å². The Balaban J connectivity index is 2.19. The molecule has 1 N–H and O–H groups in total. The molecule has 140 valence electrons. The molecule has 0 unspecified atom stereocenters. The van der Waals surface area contributed by atoms with Crippen molar-refractivity contribution in [1.82, 2.24) is 5.43 Å². The molecule has 1 amide bonds. The summed E-state index contributed by atoms with van der Waals surface area (Å²) in [5, 5.41) is 25.4. The first kappa shape index (κ1) is 19.3. The van der Waals surface area contributed by atoms with E-state index in [9.17, 15) is 25.0 Å². The van der Waals surface area contributed by atoms with Crippen LogP contribution in [0.4, 0.5) is 11.4 Å². The van der Waals surface area contributed by atoms with E-state index in [1.54, 1.807) is 0 Å². The van der Waals surface area contributed by atoms with Crippen molar-refractivity contribution < 1.29 is 24.1 Å². The van der Waals surface area contributed by atoms with E-state index in [0.717, 1.165) is 0 Å². The lowest BCUT2D eigenvalue weighted by molar-refractivity contribution is -0.385.